The van der Waals surface area contributed by atoms with Crippen molar-refractivity contribution in [2.45, 2.75) is 20.4 Å². The highest BCUT2D eigenvalue weighted by Gasteiger charge is 2.10. The van der Waals surface area contributed by atoms with Gasteiger partial charge in [0.15, 0.2) is 5.65 Å². The van der Waals surface area contributed by atoms with Gasteiger partial charge in [-0.25, -0.2) is 9.67 Å². The molecule has 0 saturated heterocycles. The Hall–Kier alpha value is -0.420. The summed E-state index contributed by atoms with van der Waals surface area (Å²) in [4.78, 5) is 4.38. The molecule has 15 heavy (non-hydrogen) atoms. The number of rotatable bonds is 2. The molecule has 0 spiro atoms. The molecular weight excluding hydrogens is 322 g/mol. The Labute approximate surface area is 105 Å². The number of hydrogen-bond acceptors (Lipinski definition) is 2. The topological polar surface area (TPSA) is 30.7 Å². The molecule has 0 aromatic carbocycles. The van der Waals surface area contributed by atoms with Crippen LogP contribution in [0.4, 0.5) is 0 Å². The van der Waals surface area contributed by atoms with Crippen molar-refractivity contribution in [2.75, 3.05) is 0 Å². The molecule has 0 atom stereocenters. The fourth-order valence-corrected chi connectivity index (χ4v) is 2.15. The molecule has 3 nitrogen and oxygen atoms in total. The van der Waals surface area contributed by atoms with Crippen LogP contribution in [0.25, 0.3) is 11.0 Å². The SMILES string of the molecule is CC(C)Cn1ncc2c(Br)c(Br)cnc21. The molecule has 0 unspecified atom stereocenters. The number of nitrogens with zero attached hydrogens (tertiary/aromatic N) is 3. The van der Waals surface area contributed by atoms with Gasteiger partial charge >= 0.3 is 0 Å². The van der Waals surface area contributed by atoms with Crippen LogP contribution in [0, 0.1) is 5.92 Å². The summed E-state index contributed by atoms with van der Waals surface area (Å²) in [6, 6.07) is 0. The zero-order valence-corrected chi connectivity index (χ0v) is 11.7. The molecule has 0 fully saturated rings. The Morgan fingerprint density at radius 2 is 2.07 bits per heavy atom. The van der Waals surface area contributed by atoms with Crippen LogP contribution >= 0.6 is 31.9 Å². The zero-order chi connectivity index (χ0) is 11.0. The van der Waals surface area contributed by atoms with Gasteiger partial charge in [0, 0.05) is 17.2 Å². The number of hydrogen-bond donors (Lipinski definition) is 0. The van der Waals surface area contributed by atoms with Crippen molar-refractivity contribution in [2.24, 2.45) is 5.92 Å². The van der Waals surface area contributed by atoms with Crippen LogP contribution < -0.4 is 0 Å². The second kappa shape index (κ2) is 4.22. The van der Waals surface area contributed by atoms with E-state index < -0.39 is 0 Å². The molecule has 0 radical (unpaired) electrons. The van der Waals surface area contributed by atoms with Crippen LogP contribution in [-0.2, 0) is 6.54 Å². The first-order chi connectivity index (χ1) is 7.09. The third-order valence-corrected chi connectivity index (χ3v) is 4.08. The van der Waals surface area contributed by atoms with Crippen molar-refractivity contribution in [3.8, 4) is 0 Å². The molecule has 2 heterocycles. The number of fused-ring (bicyclic) bond motifs is 1. The van der Waals surface area contributed by atoms with Crippen molar-refractivity contribution >= 4 is 42.9 Å². The summed E-state index contributed by atoms with van der Waals surface area (Å²) >= 11 is 6.95. The van der Waals surface area contributed by atoms with Gasteiger partial charge in [-0.2, -0.15) is 5.10 Å². The van der Waals surface area contributed by atoms with Crippen LogP contribution in [0.15, 0.2) is 21.3 Å². The summed E-state index contributed by atoms with van der Waals surface area (Å²) in [5.41, 5.74) is 0.929. The summed E-state index contributed by atoms with van der Waals surface area (Å²) < 4.78 is 3.92. The molecule has 0 N–H and O–H groups in total. The number of halogens is 2. The summed E-state index contributed by atoms with van der Waals surface area (Å²) in [6.45, 7) is 5.23. The Balaban J connectivity index is 2.57. The molecule has 0 aliphatic heterocycles. The molecule has 0 bridgehead atoms. The molecule has 80 valence electrons. The maximum atomic E-state index is 4.38. The predicted molar refractivity (Wildman–Crippen MR) is 67.8 cm³/mol. The van der Waals surface area contributed by atoms with Gasteiger partial charge in [0.1, 0.15) is 0 Å². The molecule has 2 rings (SSSR count). The van der Waals surface area contributed by atoms with Gasteiger partial charge < -0.3 is 0 Å². The first-order valence-electron chi connectivity index (χ1n) is 4.75. The molecule has 5 heteroatoms. The van der Waals surface area contributed by atoms with E-state index in [0.29, 0.717) is 5.92 Å². The summed E-state index contributed by atoms with van der Waals surface area (Å²) in [6.07, 6.45) is 3.64. The minimum Gasteiger partial charge on any atom is -0.247 e. The van der Waals surface area contributed by atoms with Crippen molar-refractivity contribution in [1.82, 2.24) is 14.8 Å². The lowest BCUT2D eigenvalue weighted by molar-refractivity contribution is 0.492. The summed E-state index contributed by atoms with van der Waals surface area (Å²) in [5, 5.41) is 5.39. The van der Waals surface area contributed by atoms with E-state index in [-0.39, 0.29) is 0 Å². The van der Waals surface area contributed by atoms with E-state index in [0.717, 1.165) is 26.5 Å². The van der Waals surface area contributed by atoms with Crippen LogP contribution in [0.2, 0.25) is 0 Å². The van der Waals surface area contributed by atoms with E-state index in [2.05, 4.69) is 55.8 Å². The molecular formula is C10H11Br2N3. The number of aromatic nitrogens is 3. The van der Waals surface area contributed by atoms with Gasteiger partial charge in [-0.15, -0.1) is 0 Å². The standard InChI is InChI=1S/C10H11Br2N3/c1-6(2)5-15-10-7(3-14-15)9(12)8(11)4-13-10/h3-4,6H,5H2,1-2H3. The van der Waals surface area contributed by atoms with Crippen molar-refractivity contribution < 1.29 is 0 Å². The lowest BCUT2D eigenvalue weighted by Crippen LogP contribution is -2.06. The highest BCUT2D eigenvalue weighted by Crippen LogP contribution is 2.29. The Kier molecular flexibility index (Phi) is 3.11. The highest BCUT2D eigenvalue weighted by molar-refractivity contribution is 9.13. The number of pyridine rings is 1. The molecule has 0 aliphatic rings. The Morgan fingerprint density at radius 1 is 1.33 bits per heavy atom. The molecule has 2 aromatic rings. The van der Waals surface area contributed by atoms with Gasteiger partial charge in [-0.3, -0.25) is 0 Å². The summed E-state index contributed by atoms with van der Waals surface area (Å²) in [5.74, 6) is 0.567. The highest BCUT2D eigenvalue weighted by atomic mass is 79.9. The first kappa shape index (κ1) is 11.1. The van der Waals surface area contributed by atoms with Gasteiger partial charge in [0.2, 0.25) is 0 Å². The van der Waals surface area contributed by atoms with Crippen molar-refractivity contribution in [3.63, 3.8) is 0 Å². The van der Waals surface area contributed by atoms with E-state index in [1.54, 1.807) is 6.20 Å². The van der Waals surface area contributed by atoms with Gasteiger partial charge in [0.05, 0.1) is 16.1 Å². The molecule has 0 aliphatic carbocycles. The van der Waals surface area contributed by atoms with Crippen LogP contribution in [0.3, 0.4) is 0 Å². The smallest absolute Gasteiger partial charge is 0.158 e. The lowest BCUT2D eigenvalue weighted by atomic mass is 10.2. The average Bonchev–Trinajstić information content (AvgIpc) is 2.55. The molecule has 0 amide bonds. The van der Waals surface area contributed by atoms with Crippen molar-refractivity contribution in [3.05, 3.63) is 21.3 Å². The second-order valence-electron chi connectivity index (χ2n) is 3.88. The third-order valence-electron chi connectivity index (χ3n) is 2.10. The van der Waals surface area contributed by atoms with Crippen LogP contribution in [0.1, 0.15) is 13.8 Å². The van der Waals surface area contributed by atoms with Gasteiger partial charge in [-0.1, -0.05) is 13.8 Å². The van der Waals surface area contributed by atoms with E-state index in [9.17, 15) is 0 Å². The van der Waals surface area contributed by atoms with E-state index in [1.807, 2.05) is 10.9 Å². The van der Waals surface area contributed by atoms with E-state index in [4.69, 9.17) is 0 Å². The molecule has 2 aromatic heterocycles. The van der Waals surface area contributed by atoms with Gasteiger partial charge in [0.25, 0.3) is 0 Å². The Bertz CT molecular complexity index is 491. The largest absolute Gasteiger partial charge is 0.247 e. The predicted octanol–water partition coefficient (Wildman–Crippen LogP) is 3.61. The van der Waals surface area contributed by atoms with Gasteiger partial charge in [-0.05, 0) is 37.8 Å². The van der Waals surface area contributed by atoms with E-state index in [1.165, 1.54) is 0 Å². The minimum absolute atomic E-state index is 0.567. The second-order valence-corrected chi connectivity index (χ2v) is 5.53. The third kappa shape index (κ3) is 2.08. The lowest BCUT2D eigenvalue weighted by Gasteiger charge is -2.05. The Morgan fingerprint density at radius 3 is 2.73 bits per heavy atom. The van der Waals surface area contributed by atoms with E-state index >= 15 is 0 Å². The summed E-state index contributed by atoms with van der Waals surface area (Å²) in [7, 11) is 0. The maximum Gasteiger partial charge on any atom is 0.158 e. The fourth-order valence-electron chi connectivity index (χ4n) is 1.45. The zero-order valence-electron chi connectivity index (χ0n) is 8.54. The van der Waals surface area contributed by atoms with Crippen molar-refractivity contribution in [1.29, 1.82) is 0 Å². The molecule has 0 saturated carbocycles. The van der Waals surface area contributed by atoms with Crippen LogP contribution in [0.5, 0.6) is 0 Å². The first-order valence-corrected chi connectivity index (χ1v) is 6.33. The maximum absolute atomic E-state index is 4.38. The normalized spacial score (nSPS) is 11.5. The minimum atomic E-state index is 0.567. The van der Waals surface area contributed by atoms with Crippen LogP contribution in [-0.4, -0.2) is 14.8 Å². The fraction of sp³-hybridized carbons (Fsp3) is 0.400. The average molecular weight is 333 g/mol. The quantitative estimate of drug-likeness (QED) is 0.841. The monoisotopic (exact) mass is 331 g/mol.